The predicted octanol–water partition coefficient (Wildman–Crippen LogP) is 13.9. The first-order chi connectivity index (χ1) is 43.1. The number of aliphatic hydroxyl groups is 8. The van der Waals surface area contributed by atoms with Crippen LogP contribution in [0.25, 0.3) is 0 Å². The van der Waals surface area contributed by atoms with Crippen LogP contribution >= 0.6 is 0 Å². The van der Waals surface area contributed by atoms with E-state index in [0.29, 0.717) is 12.8 Å². The number of hydrogen-bond donors (Lipinski definition) is 9. The lowest BCUT2D eigenvalue weighted by Gasteiger charge is -2.46. The summed E-state index contributed by atoms with van der Waals surface area (Å²) in [4.78, 5) is 13.3. The molecule has 1 amide bonds. The number of aliphatic hydroxyl groups excluding tert-OH is 8. The fraction of sp³-hybridized carbons (Fsp3) is 0.689. The van der Waals surface area contributed by atoms with Gasteiger partial charge in [0.05, 0.1) is 32.0 Å². The van der Waals surface area contributed by atoms with Crippen LogP contribution < -0.4 is 5.32 Å². The number of hydrogen-bond acceptors (Lipinski definition) is 13. The molecule has 12 atom stereocenters. The Morgan fingerprint density at radius 1 is 0.420 bits per heavy atom. The first kappa shape index (κ1) is 80.2. The number of carbonyl (C=O) groups is 1. The molecule has 2 aliphatic rings. The van der Waals surface area contributed by atoms with Crippen molar-refractivity contribution in [2.45, 2.75) is 306 Å². The maximum absolute atomic E-state index is 13.3. The highest BCUT2D eigenvalue weighted by atomic mass is 16.7. The van der Waals surface area contributed by atoms with Crippen LogP contribution in [0.4, 0.5) is 0 Å². The Hall–Kier alpha value is -3.87. The monoisotopic (exact) mass is 1230 g/mol. The summed E-state index contributed by atoms with van der Waals surface area (Å²) >= 11 is 0. The van der Waals surface area contributed by atoms with Crippen molar-refractivity contribution in [1.29, 1.82) is 0 Å². The van der Waals surface area contributed by atoms with Gasteiger partial charge in [-0.3, -0.25) is 4.79 Å². The van der Waals surface area contributed by atoms with Gasteiger partial charge in [-0.05, 0) is 103 Å². The molecule has 0 aromatic rings. The summed E-state index contributed by atoms with van der Waals surface area (Å²) in [5, 5.41) is 87.3. The van der Waals surface area contributed by atoms with Gasteiger partial charge in [0.15, 0.2) is 12.6 Å². The molecule has 0 bridgehead atoms. The fourth-order valence-corrected chi connectivity index (χ4v) is 10.4. The van der Waals surface area contributed by atoms with Crippen molar-refractivity contribution in [2.24, 2.45) is 0 Å². The van der Waals surface area contributed by atoms with E-state index in [9.17, 15) is 45.6 Å². The highest BCUT2D eigenvalue weighted by Gasteiger charge is 2.51. The smallest absolute Gasteiger partial charge is 0.220 e. The van der Waals surface area contributed by atoms with Crippen LogP contribution in [0.5, 0.6) is 0 Å². The molecule has 0 aromatic heterocycles. The average molecular weight is 1230 g/mol. The molecule has 0 aliphatic carbocycles. The third kappa shape index (κ3) is 40.8. The second-order valence-electron chi connectivity index (χ2n) is 23.6. The van der Waals surface area contributed by atoms with Gasteiger partial charge in [0, 0.05) is 6.42 Å². The molecule has 0 saturated carbocycles. The average Bonchev–Trinajstić information content (AvgIpc) is 3.10. The number of amides is 1. The van der Waals surface area contributed by atoms with Gasteiger partial charge in [0.2, 0.25) is 5.91 Å². The van der Waals surface area contributed by atoms with Crippen LogP contribution in [0, 0.1) is 0 Å². The Labute approximate surface area is 532 Å². The van der Waals surface area contributed by atoms with E-state index >= 15 is 0 Å². The standard InChI is InChI=1S/C74H123NO13/c1-3-5-7-9-11-13-15-17-19-21-23-25-27-28-29-30-31-32-33-34-36-38-40-42-44-46-48-50-52-54-56-58-66(79)75-62(61-85-73-71(84)69(82)72(65(60-77)87-73)88-74-70(83)68(81)67(80)64(59-76)86-74)63(78)57-55-53-51-49-47-45-43-41-39-37-35-26-24-22-20-18-16-14-12-10-8-6-4-2/h5,7,11,13,17,19,23,25,28-29,31-32,34,36,40,42,46-49,55,57,62-65,67-74,76-78,80-84H,3-4,6,8-10,12,14-16,18,20-22,24,26-27,30,33,35,37-39,41,43-45,50-54,56,58-61H2,1-2H3,(H,75,79)/b7-5-,13-11-,19-17-,25-23-,29-28-,32-31-,36-34-,42-40-,48-46-,49-47+,57-55+. The Morgan fingerprint density at radius 2 is 0.795 bits per heavy atom. The maximum atomic E-state index is 13.3. The molecular formula is C74H123NO13. The Bertz CT molecular complexity index is 1990. The van der Waals surface area contributed by atoms with Gasteiger partial charge in [-0.2, -0.15) is 0 Å². The molecule has 12 unspecified atom stereocenters. The van der Waals surface area contributed by atoms with Gasteiger partial charge in [-0.25, -0.2) is 0 Å². The van der Waals surface area contributed by atoms with Crippen molar-refractivity contribution in [3.05, 3.63) is 134 Å². The van der Waals surface area contributed by atoms with E-state index in [4.69, 9.17) is 18.9 Å². The van der Waals surface area contributed by atoms with E-state index in [-0.39, 0.29) is 18.9 Å². The summed E-state index contributed by atoms with van der Waals surface area (Å²) in [6.45, 7) is 2.65. The minimum Gasteiger partial charge on any atom is -0.394 e. The van der Waals surface area contributed by atoms with Crippen LogP contribution in [0.1, 0.15) is 232 Å². The molecular weight excluding hydrogens is 1110 g/mol. The molecule has 2 rings (SSSR count). The van der Waals surface area contributed by atoms with Crippen LogP contribution in [-0.2, 0) is 23.7 Å². The molecule has 0 radical (unpaired) electrons. The lowest BCUT2D eigenvalue weighted by Crippen LogP contribution is -2.65. The number of allylic oxidation sites excluding steroid dienone is 21. The van der Waals surface area contributed by atoms with Crippen molar-refractivity contribution < 1.29 is 64.6 Å². The van der Waals surface area contributed by atoms with Gasteiger partial charge >= 0.3 is 0 Å². The van der Waals surface area contributed by atoms with E-state index < -0.39 is 86.8 Å². The number of rotatable bonds is 54. The number of nitrogens with one attached hydrogen (secondary N) is 1. The topological polar surface area (TPSA) is 228 Å². The first-order valence-corrected chi connectivity index (χ1v) is 34.4. The zero-order valence-corrected chi connectivity index (χ0v) is 54.4. The summed E-state index contributed by atoms with van der Waals surface area (Å²) in [5.41, 5.74) is 0. The fourth-order valence-electron chi connectivity index (χ4n) is 10.4. The van der Waals surface area contributed by atoms with Gasteiger partial charge in [0.1, 0.15) is 48.8 Å². The normalized spacial score (nSPS) is 24.0. The third-order valence-corrected chi connectivity index (χ3v) is 15.8. The lowest BCUT2D eigenvalue weighted by atomic mass is 9.97. The van der Waals surface area contributed by atoms with Crippen molar-refractivity contribution >= 4 is 5.91 Å². The largest absolute Gasteiger partial charge is 0.394 e. The van der Waals surface area contributed by atoms with Crippen molar-refractivity contribution in [2.75, 3.05) is 19.8 Å². The van der Waals surface area contributed by atoms with Crippen LogP contribution in [-0.4, -0.2) is 140 Å². The van der Waals surface area contributed by atoms with E-state index in [1.807, 2.05) is 6.08 Å². The molecule has 0 spiro atoms. The zero-order chi connectivity index (χ0) is 63.8. The van der Waals surface area contributed by atoms with E-state index in [2.05, 4.69) is 141 Å². The molecule has 2 fully saturated rings. The first-order valence-electron chi connectivity index (χ1n) is 34.4. The molecule has 14 heteroatoms. The van der Waals surface area contributed by atoms with Gasteiger partial charge in [-0.15, -0.1) is 0 Å². The van der Waals surface area contributed by atoms with Crippen molar-refractivity contribution in [3.63, 3.8) is 0 Å². The quantitative estimate of drug-likeness (QED) is 0.0204. The number of carbonyl (C=O) groups excluding carboxylic acids is 1. The van der Waals surface area contributed by atoms with E-state index in [0.717, 1.165) is 89.9 Å². The molecule has 2 heterocycles. The SMILES string of the molecule is CC/C=C\C/C=C\C/C=C\C/C=C\C/C=C\C/C=C\C/C=C\C/C=C\C/C=C\CCCCCC(=O)NC(COC1OC(CO)C(OC2OC(CO)C(O)C(O)C2O)C(O)C1O)C(O)/C=C/CC/C=C/CCCCCCCCCCCCCCCCCCC. The molecule has 88 heavy (non-hydrogen) atoms. The van der Waals surface area contributed by atoms with Crippen LogP contribution in [0.2, 0.25) is 0 Å². The predicted molar refractivity (Wildman–Crippen MR) is 359 cm³/mol. The summed E-state index contributed by atoms with van der Waals surface area (Å²) in [5.74, 6) is -0.285. The Kier molecular flexibility index (Phi) is 52.0. The van der Waals surface area contributed by atoms with Crippen molar-refractivity contribution in [3.8, 4) is 0 Å². The zero-order valence-electron chi connectivity index (χ0n) is 54.4. The van der Waals surface area contributed by atoms with Gasteiger partial charge < -0.3 is 65.1 Å². The molecule has 2 saturated heterocycles. The summed E-state index contributed by atoms with van der Waals surface area (Å²) in [7, 11) is 0. The van der Waals surface area contributed by atoms with Gasteiger partial charge in [0.25, 0.3) is 0 Å². The third-order valence-electron chi connectivity index (χ3n) is 15.8. The number of unbranched alkanes of at least 4 members (excludes halogenated alkanes) is 21. The van der Waals surface area contributed by atoms with Crippen LogP contribution in [0.15, 0.2) is 134 Å². The number of ether oxygens (including phenoxy) is 4. The van der Waals surface area contributed by atoms with E-state index in [1.165, 1.54) is 109 Å². The molecule has 14 nitrogen and oxygen atoms in total. The molecule has 9 N–H and O–H groups in total. The molecule has 2 aliphatic heterocycles. The Morgan fingerprint density at radius 3 is 1.25 bits per heavy atom. The minimum absolute atomic E-state index is 0.224. The highest BCUT2D eigenvalue weighted by Crippen LogP contribution is 2.30. The second kappa shape index (κ2) is 57.1. The minimum atomic E-state index is -1.80. The maximum Gasteiger partial charge on any atom is 0.220 e. The second-order valence-corrected chi connectivity index (χ2v) is 23.6. The highest BCUT2D eigenvalue weighted by molar-refractivity contribution is 5.76. The molecule has 502 valence electrons. The lowest BCUT2D eigenvalue weighted by molar-refractivity contribution is -0.359. The summed E-state index contributed by atoms with van der Waals surface area (Å²) in [6, 6.07) is -0.961. The summed E-state index contributed by atoms with van der Waals surface area (Å²) in [6.07, 6.45) is 67.8. The summed E-state index contributed by atoms with van der Waals surface area (Å²) < 4.78 is 22.8. The van der Waals surface area contributed by atoms with Crippen molar-refractivity contribution in [1.82, 2.24) is 5.32 Å². The Balaban J connectivity index is 1.74. The molecule has 0 aromatic carbocycles. The van der Waals surface area contributed by atoms with Gasteiger partial charge in [-0.1, -0.05) is 257 Å². The van der Waals surface area contributed by atoms with E-state index in [1.54, 1.807) is 6.08 Å². The van der Waals surface area contributed by atoms with Crippen LogP contribution in [0.3, 0.4) is 0 Å².